The molecule has 0 aliphatic rings. The maximum atomic E-state index is 12.1. The summed E-state index contributed by atoms with van der Waals surface area (Å²) in [5.74, 6) is 0.0516. The van der Waals surface area contributed by atoms with Gasteiger partial charge in [0.1, 0.15) is 0 Å². The van der Waals surface area contributed by atoms with E-state index in [1.54, 1.807) is 0 Å². The van der Waals surface area contributed by atoms with Crippen LogP contribution in [-0.4, -0.2) is 5.91 Å². The van der Waals surface area contributed by atoms with E-state index in [1.165, 1.54) is 11.1 Å². The predicted molar refractivity (Wildman–Crippen MR) is 91.6 cm³/mol. The van der Waals surface area contributed by atoms with Gasteiger partial charge in [0, 0.05) is 12.1 Å². The fourth-order valence-electron chi connectivity index (χ4n) is 2.71. The number of carbonyl (C=O) groups excluding carboxylic acids is 1. The molecule has 3 nitrogen and oxygen atoms in total. The first-order valence-electron chi connectivity index (χ1n) is 7.67. The summed E-state index contributed by atoms with van der Waals surface area (Å²) in [5.41, 5.74) is 11.3. The van der Waals surface area contributed by atoms with E-state index in [4.69, 9.17) is 5.73 Å². The van der Waals surface area contributed by atoms with Gasteiger partial charge in [-0.05, 0) is 49.9 Å². The van der Waals surface area contributed by atoms with Crippen molar-refractivity contribution in [3.8, 4) is 0 Å². The van der Waals surface area contributed by atoms with E-state index in [1.807, 2.05) is 31.2 Å². The number of nitrogen functional groups attached to an aromatic ring is 1. The molecular weight excluding hydrogens is 272 g/mol. The minimum atomic E-state index is 0.0150. The molecule has 2 aromatic carbocycles. The van der Waals surface area contributed by atoms with E-state index in [0.29, 0.717) is 12.8 Å². The number of nitrogens with two attached hydrogens (primary N) is 1. The zero-order valence-corrected chi connectivity index (χ0v) is 13.5. The summed E-state index contributed by atoms with van der Waals surface area (Å²) in [6.45, 7) is 6.17. The number of anilines is 1. The zero-order chi connectivity index (χ0) is 16.1. The van der Waals surface area contributed by atoms with Crippen molar-refractivity contribution in [2.24, 2.45) is 0 Å². The number of carbonyl (C=O) groups is 1. The molecule has 0 aliphatic carbocycles. The first-order chi connectivity index (χ1) is 10.5. The third kappa shape index (κ3) is 4.10. The standard InChI is InChI=1S/C19H24N2O/c1-13-8-10-17(14(2)12-13)15(3)21-19(22)11-9-16-6-4-5-7-18(16)20/h4-8,10,12,15H,9,11,20H2,1-3H3,(H,21,22). The fourth-order valence-corrected chi connectivity index (χ4v) is 2.71. The topological polar surface area (TPSA) is 55.1 Å². The molecule has 22 heavy (non-hydrogen) atoms. The van der Waals surface area contributed by atoms with E-state index in [2.05, 4.69) is 37.4 Å². The molecule has 1 amide bonds. The smallest absolute Gasteiger partial charge is 0.220 e. The maximum absolute atomic E-state index is 12.1. The van der Waals surface area contributed by atoms with Gasteiger partial charge in [-0.2, -0.15) is 0 Å². The molecule has 0 radical (unpaired) electrons. The molecule has 116 valence electrons. The Hall–Kier alpha value is -2.29. The van der Waals surface area contributed by atoms with Gasteiger partial charge in [0.15, 0.2) is 0 Å². The molecule has 0 fully saturated rings. The second-order valence-electron chi connectivity index (χ2n) is 5.85. The second kappa shape index (κ2) is 7.12. The summed E-state index contributed by atoms with van der Waals surface area (Å²) < 4.78 is 0. The van der Waals surface area contributed by atoms with E-state index >= 15 is 0 Å². The predicted octanol–water partition coefficient (Wildman–Crippen LogP) is 3.70. The third-order valence-corrected chi connectivity index (χ3v) is 3.95. The van der Waals surface area contributed by atoms with E-state index < -0.39 is 0 Å². The van der Waals surface area contributed by atoms with Crippen molar-refractivity contribution in [1.29, 1.82) is 0 Å². The van der Waals surface area contributed by atoms with Crippen LogP contribution in [0.5, 0.6) is 0 Å². The summed E-state index contributed by atoms with van der Waals surface area (Å²) in [6, 6.07) is 14.0. The minimum Gasteiger partial charge on any atom is -0.399 e. The molecule has 0 aliphatic heterocycles. The van der Waals surface area contributed by atoms with Gasteiger partial charge >= 0.3 is 0 Å². The lowest BCUT2D eigenvalue weighted by Crippen LogP contribution is -2.27. The Morgan fingerprint density at radius 3 is 2.59 bits per heavy atom. The monoisotopic (exact) mass is 296 g/mol. The Labute approximate surface area is 132 Å². The van der Waals surface area contributed by atoms with Crippen LogP contribution in [0.2, 0.25) is 0 Å². The second-order valence-corrected chi connectivity index (χ2v) is 5.85. The van der Waals surface area contributed by atoms with Crippen molar-refractivity contribution in [2.75, 3.05) is 5.73 Å². The van der Waals surface area contributed by atoms with Gasteiger partial charge in [-0.3, -0.25) is 4.79 Å². The normalized spacial score (nSPS) is 12.0. The zero-order valence-electron chi connectivity index (χ0n) is 13.5. The Kier molecular flexibility index (Phi) is 5.21. The number of hydrogen-bond acceptors (Lipinski definition) is 2. The lowest BCUT2D eigenvalue weighted by molar-refractivity contribution is -0.121. The quantitative estimate of drug-likeness (QED) is 0.827. The highest BCUT2D eigenvalue weighted by Gasteiger charge is 2.12. The highest BCUT2D eigenvalue weighted by molar-refractivity contribution is 5.77. The maximum Gasteiger partial charge on any atom is 0.220 e. The van der Waals surface area contributed by atoms with Crippen LogP contribution in [0, 0.1) is 13.8 Å². The van der Waals surface area contributed by atoms with E-state index in [9.17, 15) is 4.79 Å². The van der Waals surface area contributed by atoms with Crippen LogP contribution >= 0.6 is 0 Å². The molecule has 0 aromatic heterocycles. The van der Waals surface area contributed by atoms with Crippen molar-refractivity contribution in [3.63, 3.8) is 0 Å². The van der Waals surface area contributed by atoms with E-state index in [0.717, 1.165) is 16.8 Å². The van der Waals surface area contributed by atoms with Crippen LogP contribution in [0.25, 0.3) is 0 Å². The van der Waals surface area contributed by atoms with Gasteiger partial charge in [0.25, 0.3) is 0 Å². The molecule has 0 heterocycles. The SMILES string of the molecule is Cc1ccc(C(C)NC(=O)CCc2ccccc2N)c(C)c1. The summed E-state index contributed by atoms with van der Waals surface area (Å²) in [7, 11) is 0. The Morgan fingerprint density at radius 1 is 1.18 bits per heavy atom. The largest absolute Gasteiger partial charge is 0.399 e. The molecule has 1 unspecified atom stereocenters. The van der Waals surface area contributed by atoms with Crippen molar-refractivity contribution < 1.29 is 4.79 Å². The van der Waals surface area contributed by atoms with Crippen LogP contribution in [0.15, 0.2) is 42.5 Å². The van der Waals surface area contributed by atoms with Crippen LogP contribution in [0.1, 0.15) is 41.6 Å². The summed E-state index contributed by atoms with van der Waals surface area (Å²) >= 11 is 0. The molecule has 0 bridgehead atoms. The number of para-hydroxylation sites is 1. The van der Waals surface area contributed by atoms with E-state index in [-0.39, 0.29) is 11.9 Å². The summed E-state index contributed by atoms with van der Waals surface area (Å²) in [6.07, 6.45) is 1.11. The van der Waals surface area contributed by atoms with Crippen molar-refractivity contribution in [1.82, 2.24) is 5.32 Å². The molecule has 0 saturated carbocycles. The van der Waals surface area contributed by atoms with Crippen molar-refractivity contribution >= 4 is 11.6 Å². The van der Waals surface area contributed by atoms with Gasteiger partial charge in [-0.15, -0.1) is 0 Å². The van der Waals surface area contributed by atoms with Gasteiger partial charge in [0.2, 0.25) is 5.91 Å². The first-order valence-corrected chi connectivity index (χ1v) is 7.67. The van der Waals surface area contributed by atoms with Crippen LogP contribution < -0.4 is 11.1 Å². The molecule has 1 atom stereocenters. The van der Waals surface area contributed by atoms with Gasteiger partial charge in [-0.1, -0.05) is 42.0 Å². The number of hydrogen-bond donors (Lipinski definition) is 2. The third-order valence-electron chi connectivity index (χ3n) is 3.95. The molecule has 3 N–H and O–H groups in total. The van der Waals surface area contributed by atoms with Gasteiger partial charge < -0.3 is 11.1 Å². The fraction of sp³-hybridized carbons (Fsp3) is 0.316. The molecule has 0 saturated heterocycles. The number of aryl methyl sites for hydroxylation is 3. The Morgan fingerprint density at radius 2 is 1.91 bits per heavy atom. The van der Waals surface area contributed by atoms with Crippen LogP contribution in [0.4, 0.5) is 5.69 Å². The Balaban J connectivity index is 1.93. The lowest BCUT2D eigenvalue weighted by atomic mass is 10.00. The molecule has 2 aromatic rings. The molecule has 2 rings (SSSR count). The average Bonchev–Trinajstić information content (AvgIpc) is 2.46. The van der Waals surface area contributed by atoms with Gasteiger partial charge in [-0.25, -0.2) is 0 Å². The van der Waals surface area contributed by atoms with Crippen LogP contribution in [-0.2, 0) is 11.2 Å². The lowest BCUT2D eigenvalue weighted by Gasteiger charge is -2.17. The summed E-state index contributed by atoms with van der Waals surface area (Å²) in [5, 5.41) is 3.07. The average molecular weight is 296 g/mol. The summed E-state index contributed by atoms with van der Waals surface area (Å²) in [4.78, 5) is 12.1. The molecule has 3 heteroatoms. The molecule has 0 spiro atoms. The van der Waals surface area contributed by atoms with Crippen LogP contribution in [0.3, 0.4) is 0 Å². The first kappa shape index (κ1) is 16.1. The number of nitrogens with one attached hydrogen (secondary N) is 1. The Bertz CT molecular complexity index is 664. The number of rotatable bonds is 5. The number of benzene rings is 2. The highest BCUT2D eigenvalue weighted by Crippen LogP contribution is 2.19. The highest BCUT2D eigenvalue weighted by atomic mass is 16.1. The molecular formula is C19H24N2O. The van der Waals surface area contributed by atoms with Gasteiger partial charge in [0.05, 0.1) is 6.04 Å². The minimum absolute atomic E-state index is 0.0150. The van der Waals surface area contributed by atoms with Crippen molar-refractivity contribution in [3.05, 3.63) is 64.7 Å². The number of amides is 1. The van der Waals surface area contributed by atoms with Crippen molar-refractivity contribution in [2.45, 2.75) is 39.7 Å².